The van der Waals surface area contributed by atoms with Gasteiger partial charge in [0.25, 0.3) is 0 Å². The van der Waals surface area contributed by atoms with Crippen LogP contribution in [0.25, 0.3) is 0 Å². The zero-order valence-corrected chi connectivity index (χ0v) is 14.0. The Morgan fingerprint density at radius 1 is 1.14 bits per heavy atom. The lowest BCUT2D eigenvalue weighted by atomic mass is 9.77. The summed E-state index contributed by atoms with van der Waals surface area (Å²) in [5.41, 5.74) is 8.60. The normalized spacial score (nSPS) is 27.9. The van der Waals surface area contributed by atoms with Crippen LogP contribution in [-0.4, -0.2) is 49.6 Å². The summed E-state index contributed by atoms with van der Waals surface area (Å²) < 4.78 is 0. The second-order valence-corrected chi connectivity index (χ2v) is 7.28. The molecular formula is C19H31N3. The molecular weight excluding hydrogens is 270 g/mol. The van der Waals surface area contributed by atoms with Crippen molar-refractivity contribution in [2.24, 2.45) is 11.7 Å². The molecule has 0 amide bonds. The molecule has 1 heterocycles. The Bertz CT molecular complexity index is 466. The monoisotopic (exact) mass is 301 g/mol. The van der Waals surface area contributed by atoms with Crippen molar-refractivity contribution >= 4 is 0 Å². The first-order valence-electron chi connectivity index (χ1n) is 8.94. The average molecular weight is 301 g/mol. The Kier molecular flexibility index (Phi) is 5.51. The summed E-state index contributed by atoms with van der Waals surface area (Å²) in [6.45, 7) is 6.93. The predicted molar refractivity (Wildman–Crippen MR) is 93.0 cm³/mol. The molecule has 3 rings (SSSR count). The summed E-state index contributed by atoms with van der Waals surface area (Å²) in [5, 5.41) is 0. The minimum absolute atomic E-state index is 0.658. The lowest BCUT2D eigenvalue weighted by Gasteiger charge is -2.37. The van der Waals surface area contributed by atoms with E-state index in [-0.39, 0.29) is 0 Å². The highest BCUT2D eigenvalue weighted by Gasteiger charge is 2.26. The zero-order valence-electron chi connectivity index (χ0n) is 14.0. The lowest BCUT2D eigenvalue weighted by molar-refractivity contribution is 0.122. The first kappa shape index (κ1) is 16.0. The number of benzene rings is 1. The highest BCUT2D eigenvalue weighted by atomic mass is 15.2. The van der Waals surface area contributed by atoms with E-state index in [1.165, 1.54) is 69.5 Å². The standard InChI is InChI=1S/C19H31N3/c1-21-8-10-22(11-9-21)15-17-5-3-7-19(13-17)18-6-2-4-16(12-18)14-20/h2,4,6,12,17,19H,3,5,7-11,13-15,20H2,1H3. The van der Waals surface area contributed by atoms with Gasteiger partial charge in [-0.15, -0.1) is 0 Å². The van der Waals surface area contributed by atoms with Crippen LogP contribution in [0.3, 0.4) is 0 Å². The third-order valence-corrected chi connectivity index (χ3v) is 5.55. The fourth-order valence-corrected chi connectivity index (χ4v) is 4.13. The maximum atomic E-state index is 5.80. The van der Waals surface area contributed by atoms with E-state index in [9.17, 15) is 0 Å². The second-order valence-electron chi connectivity index (χ2n) is 7.28. The summed E-state index contributed by atoms with van der Waals surface area (Å²) >= 11 is 0. The number of rotatable bonds is 4. The molecule has 1 aliphatic heterocycles. The third-order valence-electron chi connectivity index (χ3n) is 5.55. The van der Waals surface area contributed by atoms with Crippen LogP contribution < -0.4 is 5.73 Å². The molecule has 122 valence electrons. The number of hydrogen-bond donors (Lipinski definition) is 1. The Balaban J connectivity index is 1.57. The summed E-state index contributed by atoms with van der Waals surface area (Å²) in [4.78, 5) is 5.13. The van der Waals surface area contributed by atoms with Crippen LogP contribution in [0.4, 0.5) is 0 Å². The Hall–Kier alpha value is -0.900. The summed E-state index contributed by atoms with van der Waals surface area (Å²) in [6.07, 6.45) is 5.52. The first-order chi connectivity index (χ1) is 10.7. The van der Waals surface area contributed by atoms with Gasteiger partial charge in [-0.25, -0.2) is 0 Å². The molecule has 0 radical (unpaired) electrons. The highest BCUT2D eigenvalue weighted by molar-refractivity contribution is 5.26. The molecule has 2 N–H and O–H groups in total. The SMILES string of the molecule is CN1CCN(CC2CCCC(c3cccc(CN)c3)C2)CC1. The fraction of sp³-hybridized carbons (Fsp3) is 0.684. The van der Waals surface area contributed by atoms with E-state index in [0.29, 0.717) is 6.54 Å². The van der Waals surface area contributed by atoms with Gasteiger partial charge in [0.15, 0.2) is 0 Å². The topological polar surface area (TPSA) is 32.5 Å². The molecule has 2 fully saturated rings. The minimum Gasteiger partial charge on any atom is -0.326 e. The van der Waals surface area contributed by atoms with E-state index in [1.54, 1.807) is 0 Å². The van der Waals surface area contributed by atoms with Crippen molar-refractivity contribution in [3.63, 3.8) is 0 Å². The zero-order chi connectivity index (χ0) is 15.4. The van der Waals surface area contributed by atoms with Gasteiger partial charge in [0, 0.05) is 39.3 Å². The van der Waals surface area contributed by atoms with Crippen LogP contribution in [0.2, 0.25) is 0 Å². The molecule has 3 heteroatoms. The Morgan fingerprint density at radius 2 is 1.95 bits per heavy atom. The maximum absolute atomic E-state index is 5.80. The quantitative estimate of drug-likeness (QED) is 0.928. The molecule has 2 aliphatic rings. The number of nitrogens with two attached hydrogens (primary N) is 1. The van der Waals surface area contributed by atoms with E-state index in [0.717, 1.165) is 11.8 Å². The third kappa shape index (κ3) is 4.09. The van der Waals surface area contributed by atoms with Crippen molar-refractivity contribution in [1.29, 1.82) is 0 Å². The summed E-state index contributed by atoms with van der Waals surface area (Å²) in [7, 11) is 2.23. The molecule has 0 bridgehead atoms. The van der Waals surface area contributed by atoms with Crippen molar-refractivity contribution < 1.29 is 0 Å². The van der Waals surface area contributed by atoms with Crippen molar-refractivity contribution in [3.8, 4) is 0 Å². The molecule has 3 nitrogen and oxygen atoms in total. The molecule has 0 aromatic heterocycles. The lowest BCUT2D eigenvalue weighted by Crippen LogP contribution is -2.46. The van der Waals surface area contributed by atoms with Gasteiger partial charge in [-0.05, 0) is 49.3 Å². The molecule has 22 heavy (non-hydrogen) atoms. The Labute approximate surface area is 135 Å². The van der Waals surface area contributed by atoms with Gasteiger partial charge in [0.1, 0.15) is 0 Å². The van der Waals surface area contributed by atoms with E-state index in [4.69, 9.17) is 5.73 Å². The second kappa shape index (κ2) is 7.58. The number of hydrogen-bond acceptors (Lipinski definition) is 3. The predicted octanol–water partition coefficient (Wildman–Crippen LogP) is 2.67. The van der Waals surface area contributed by atoms with Gasteiger partial charge >= 0.3 is 0 Å². The van der Waals surface area contributed by atoms with E-state index in [2.05, 4.69) is 41.1 Å². The van der Waals surface area contributed by atoms with Gasteiger partial charge in [-0.2, -0.15) is 0 Å². The van der Waals surface area contributed by atoms with E-state index < -0.39 is 0 Å². The first-order valence-corrected chi connectivity index (χ1v) is 8.94. The van der Waals surface area contributed by atoms with Crippen molar-refractivity contribution in [2.75, 3.05) is 39.8 Å². The minimum atomic E-state index is 0.658. The molecule has 1 aromatic carbocycles. The van der Waals surface area contributed by atoms with Gasteiger partial charge in [0.2, 0.25) is 0 Å². The molecule has 1 saturated heterocycles. The highest BCUT2D eigenvalue weighted by Crippen LogP contribution is 2.36. The van der Waals surface area contributed by atoms with Crippen LogP contribution in [0.1, 0.15) is 42.7 Å². The summed E-state index contributed by atoms with van der Waals surface area (Å²) in [6, 6.07) is 8.97. The molecule has 0 spiro atoms. The molecule has 2 atom stereocenters. The van der Waals surface area contributed by atoms with Crippen molar-refractivity contribution in [1.82, 2.24) is 9.80 Å². The van der Waals surface area contributed by atoms with Crippen LogP contribution >= 0.6 is 0 Å². The van der Waals surface area contributed by atoms with Gasteiger partial charge in [-0.3, -0.25) is 0 Å². The summed E-state index contributed by atoms with van der Waals surface area (Å²) in [5.74, 6) is 1.63. The van der Waals surface area contributed by atoms with Crippen LogP contribution in [0.5, 0.6) is 0 Å². The molecule has 1 aliphatic carbocycles. The van der Waals surface area contributed by atoms with Gasteiger partial charge in [0.05, 0.1) is 0 Å². The van der Waals surface area contributed by atoms with Gasteiger partial charge in [-0.1, -0.05) is 30.7 Å². The molecule has 2 unspecified atom stereocenters. The van der Waals surface area contributed by atoms with Crippen LogP contribution in [0.15, 0.2) is 24.3 Å². The fourth-order valence-electron chi connectivity index (χ4n) is 4.13. The average Bonchev–Trinajstić information content (AvgIpc) is 2.57. The smallest absolute Gasteiger partial charge is 0.0178 e. The van der Waals surface area contributed by atoms with Crippen molar-refractivity contribution in [2.45, 2.75) is 38.1 Å². The number of likely N-dealkylation sites (N-methyl/N-ethyl adjacent to an activating group) is 1. The van der Waals surface area contributed by atoms with Gasteiger partial charge < -0.3 is 15.5 Å². The van der Waals surface area contributed by atoms with Crippen LogP contribution in [-0.2, 0) is 6.54 Å². The molecule has 1 aromatic rings. The number of nitrogens with zero attached hydrogens (tertiary/aromatic N) is 2. The van der Waals surface area contributed by atoms with Crippen molar-refractivity contribution in [3.05, 3.63) is 35.4 Å². The number of piperazine rings is 1. The maximum Gasteiger partial charge on any atom is 0.0178 e. The van der Waals surface area contributed by atoms with E-state index >= 15 is 0 Å². The Morgan fingerprint density at radius 3 is 2.73 bits per heavy atom. The van der Waals surface area contributed by atoms with E-state index in [1.807, 2.05) is 0 Å². The largest absolute Gasteiger partial charge is 0.326 e. The molecule has 1 saturated carbocycles. The van der Waals surface area contributed by atoms with Crippen LogP contribution in [0, 0.1) is 5.92 Å².